The molecule has 20 heavy (non-hydrogen) atoms. The average Bonchev–Trinajstić information content (AvgIpc) is 2.86. The average molecular weight is 382 g/mol. The molecule has 1 aromatic rings. The number of hydrogen-bond donors (Lipinski definition) is 2. The molecule has 0 saturated heterocycles. The van der Waals surface area contributed by atoms with E-state index in [2.05, 4.69) is 20.7 Å². The molecule has 1 fully saturated rings. The Kier molecular flexibility index (Phi) is 6.04. The molecule has 0 spiro atoms. The molecule has 114 valence electrons. The molecule has 0 amide bonds. The summed E-state index contributed by atoms with van der Waals surface area (Å²) in [7, 11) is -3.52. The number of sulfonamides is 1. The smallest absolute Gasteiger partial charge is 0.250 e. The fourth-order valence-electron chi connectivity index (χ4n) is 2.70. The van der Waals surface area contributed by atoms with Crippen LogP contribution in [0.1, 0.15) is 38.5 Å². The Morgan fingerprint density at radius 2 is 2.05 bits per heavy atom. The van der Waals surface area contributed by atoms with Crippen molar-refractivity contribution in [2.75, 3.05) is 6.61 Å². The summed E-state index contributed by atoms with van der Waals surface area (Å²) >= 11 is 4.44. The van der Waals surface area contributed by atoms with E-state index in [0.717, 1.165) is 23.0 Å². The topological polar surface area (TPSA) is 66.4 Å². The number of halogens is 1. The van der Waals surface area contributed by atoms with E-state index in [9.17, 15) is 13.5 Å². The van der Waals surface area contributed by atoms with Crippen molar-refractivity contribution in [1.82, 2.24) is 4.72 Å². The summed E-state index contributed by atoms with van der Waals surface area (Å²) in [4.78, 5) is 0. The van der Waals surface area contributed by atoms with E-state index >= 15 is 0 Å². The van der Waals surface area contributed by atoms with Crippen molar-refractivity contribution in [2.24, 2.45) is 5.92 Å². The molecule has 0 bridgehead atoms. The van der Waals surface area contributed by atoms with Crippen LogP contribution in [0.15, 0.2) is 20.1 Å². The lowest BCUT2D eigenvalue weighted by molar-refractivity contribution is 0.218. The third-order valence-electron chi connectivity index (χ3n) is 3.70. The van der Waals surface area contributed by atoms with Gasteiger partial charge >= 0.3 is 0 Å². The zero-order valence-electron chi connectivity index (χ0n) is 11.2. The van der Waals surface area contributed by atoms with Crippen LogP contribution < -0.4 is 4.72 Å². The second kappa shape index (κ2) is 7.35. The minimum atomic E-state index is -3.52. The van der Waals surface area contributed by atoms with Gasteiger partial charge in [-0.05, 0) is 40.4 Å². The second-order valence-corrected chi connectivity index (χ2v) is 9.70. The maximum absolute atomic E-state index is 12.2. The van der Waals surface area contributed by atoms with Crippen LogP contribution >= 0.6 is 27.3 Å². The molecule has 1 aromatic heterocycles. The molecule has 4 nitrogen and oxygen atoms in total. The fourth-order valence-corrected chi connectivity index (χ4v) is 5.97. The monoisotopic (exact) mass is 381 g/mol. The van der Waals surface area contributed by atoms with Crippen molar-refractivity contribution in [1.29, 1.82) is 0 Å². The van der Waals surface area contributed by atoms with E-state index in [1.165, 1.54) is 30.6 Å². The van der Waals surface area contributed by atoms with Gasteiger partial charge in [0.15, 0.2) is 0 Å². The summed E-state index contributed by atoms with van der Waals surface area (Å²) in [5.41, 5.74) is 0. The number of nitrogens with one attached hydrogen (secondary N) is 1. The SMILES string of the molecule is O=S(=O)(NC(CO)CC1CCCCC1)c1ccc(Br)s1. The summed E-state index contributed by atoms with van der Waals surface area (Å²) in [5.74, 6) is 0.527. The summed E-state index contributed by atoms with van der Waals surface area (Å²) in [6.07, 6.45) is 6.71. The molecule has 2 N–H and O–H groups in total. The van der Waals surface area contributed by atoms with Gasteiger partial charge in [0.25, 0.3) is 0 Å². The van der Waals surface area contributed by atoms with Crippen molar-refractivity contribution in [2.45, 2.75) is 48.8 Å². The van der Waals surface area contributed by atoms with Gasteiger partial charge in [-0.25, -0.2) is 13.1 Å². The van der Waals surface area contributed by atoms with Gasteiger partial charge in [0.2, 0.25) is 10.0 Å². The van der Waals surface area contributed by atoms with E-state index in [1.54, 1.807) is 12.1 Å². The van der Waals surface area contributed by atoms with Gasteiger partial charge < -0.3 is 5.11 Å². The molecule has 7 heteroatoms. The normalized spacial score (nSPS) is 19.1. The highest BCUT2D eigenvalue weighted by Gasteiger charge is 2.24. The number of aliphatic hydroxyl groups excluding tert-OH is 1. The first kappa shape index (κ1) is 16.4. The quantitative estimate of drug-likeness (QED) is 0.795. The lowest BCUT2D eigenvalue weighted by Crippen LogP contribution is -2.38. The lowest BCUT2D eigenvalue weighted by Gasteiger charge is -2.25. The molecular weight excluding hydrogens is 362 g/mol. The summed E-state index contributed by atoms with van der Waals surface area (Å²) in [5, 5.41) is 9.44. The van der Waals surface area contributed by atoms with Crippen LogP contribution in [0.25, 0.3) is 0 Å². The van der Waals surface area contributed by atoms with Crippen LogP contribution in [-0.4, -0.2) is 26.2 Å². The van der Waals surface area contributed by atoms with Crippen LogP contribution in [0, 0.1) is 5.92 Å². The van der Waals surface area contributed by atoms with Crippen molar-refractivity contribution < 1.29 is 13.5 Å². The fraction of sp³-hybridized carbons (Fsp3) is 0.692. The standard InChI is InChI=1S/C13H20BrNO3S2/c14-12-6-7-13(19-12)20(17,18)15-11(9-16)8-10-4-2-1-3-5-10/h6-7,10-11,15-16H,1-5,8-9H2. The first-order valence-corrected chi connectivity index (χ1v) is 9.99. The number of aliphatic hydroxyl groups is 1. The van der Waals surface area contributed by atoms with Crippen LogP contribution in [0.4, 0.5) is 0 Å². The Morgan fingerprint density at radius 3 is 2.60 bits per heavy atom. The Labute approximate surface area is 132 Å². The van der Waals surface area contributed by atoms with Crippen molar-refractivity contribution in [3.8, 4) is 0 Å². The summed E-state index contributed by atoms with van der Waals surface area (Å²) < 4.78 is 28.1. The summed E-state index contributed by atoms with van der Waals surface area (Å²) in [6.45, 7) is -0.151. The molecular formula is C13H20BrNO3S2. The Bertz CT molecular complexity index is 523. The number of thiophene rings is 1. The molecule has 1 saturated carbocycles. The minimum absolute atomic E-state index is 0.151. The van der Waals surface area contributed by atoms with E-state index in [0.29, 0.717) is 5.92 Å². The molecule has 2 rings (SSSR count). The highest BCUT2D eigenvalue weighted by molar-refractivity contribution is 9.11. The van der Waals surface area contributed by atoms with Crippen molar-refractivity contribution >= 4 is 37.3 Å². The van der Waals surface area contributed by atoms with Crippen LogP contribution in [-0.2, 0) is 10.0 Å². The van der Waals surface area contributed by atoms with E-state index in [4.69, 9.17) is 0 Å². The molecule has 0 aliphatic heterocycles. The largest absolute Gasteiger partial charge is 0.395 e. The molecule has 1 heterocycles. The Morgan fingerprint density at radius 1 is 1.35 bits per heavy atom. The van der Waals surface area contributed by atoms with Crippen LogP contribution in [0.5, 0.6) is 0 Å². The summed E-state index contributed by atoms with van der Waals surface area (Å²) in [6, 6.07) is 2.91. The maximum Gasteiger partial charge on any atom is 0.250 e. The first-order chi connectivity index (χ1) is 9.51. The third-order valence-corrected chi connectivity index (χ3v) is 7.33. The predicted octanol–water partition coefficient (Wildman–Crippen LogP) is 3.12. The highest BCUT2D eigenvalue weighted by atomic mass is 79.9. The van der Waals surface area contributed by atoms with Crippen molar-refractivity contribution in [3.63, 3.8) is 0 Å². The maximum atomic E-state index is 12.2. The highest BCUT2D eigenvalue weighted by Crippen LogP contribution is 2.29. The van der Waals surface area contributed by atoms with Gasteiger partial charge in [-0.15, -0.1) is 11.3 Å². The van der Waals surface area contributed by atoms with Gasteiger partial charge in [-0.3, -0.25) is 0 Å². The van der Waals surface area contributed by atoms with E-state index in [-0.39, 0.29) is 16.9 Å². The molecule has 1 aliphatic rings. The zero-order valence-corrected chi connectivity index (χ0v) is 14.4. The van der Waals surface area contributed by atoms with Gasteiger partial charge in [-0.2, -0.15) is 0 Å². The van der Waals surface area contributed by atoms with Gasteiger partial charge in [0.05, 0.1) is 10.4 Å². The van der Waals surface area contributed by atoms with E-state index in [1.807, 2.05) is 0 Å². The van der Waals surface area contributed by atoms with Crippen LogP contribution in [0.2, 0.25) is 0 Å². The molecule has 1 atom stereocenters. The van der Waals surface area contributed by atoms with Gasteiger partial charge in [0, 0.05) is 6.04 Å². The number of rotatable bonds is 6. The van der Waals surface area contributed by atoms with Crippen molar-refractivity contribution in [3.05, 3.63) is 15.9 Å². The Balaban J connectivity index is 1.98. The molecule has 1 aliphatic carbocycles. The number of hydrogen-bond acceptors (Lipinski definition) is 4. The predicted molar refractivity (Wildman–Crippen MR) is 84.4 cm³/mol. The first-order valence-electron chi connectivity index (χ1n) is 6.90. The zero-order chi connectivity index (χ0) is 14.6. The Hall–Kier alpha value is 0.0500. The minimum Gasteiger partial charge on any atom is -0.395 e. The molecule has 0 radical (unpaired) electrons. The third kappa shape index (κ3) is 4.53. The van der Waals surface area contributed by atoms with Crippen LogP contribution in [0.3, 0.4) is 0 Å². The van der Waals surface area contributed by atoms with Gasteiger partial charge in [0.1, 0.15) is 4.21 Å². The second-order valence-electron chi connectivity index (χ2n) is 5.30. The molecule has 1 unspecified atom stereocenters. The van der Waals surface area contributed by atoms with Gasteiger partial charge in [-0.1, -0.05) is 32.1 Å². The van der Waals surface area contributed by atoms with E-state index < -0.39 is 10.0 Å². The lowest BCUT2D eigenvalue weighted by atomic mass is 9.85. The molecule has 0 aromatic carbocycles.